The van der Waals surface area contributed by atoms with E-state index < -0.39 is 10.8 Å². The number of hydrogen-bond donors (Lipinski definition) is 1. The van der Waals surface area contributed by atoms with Crippen LogP contribution in [0.1, 0.15) is 68.5 Å². The highest BCUT2D eigenvalue weighted by molar-refractivity contribution is 6.13. The van der Waals surface area contributed by atoms with Gasteiger partial charge in [0.2, 0.25) is 0 Å². The van der Waals surface area contributed by atoms with Gasteiger partial charge in [-0.25, -0.2) is 0 Å². The molecule has 1 N–H and O–H groups in total. The van der Waals surface area contributed by atoms with E-state index in [2.05, 4.69) is 194 Å². The third kappa shape index (κ3) is 3.96. The van der Waals surface area contributed by atoms with Crippen LogP contribution in [-0.2, 0) is 10.8 Å². The van der Waals surface area contributed by atoms with Gasteiger partial charge in [0.05, 0.1) is 22.2 Å². The standard InChI is InChI=1S/C51H36N2/c1-3-18-34(19-4-1)49(35-20-5-2-6-21-35)53-52-47-33-17-32-46-48(47)38-24-9-12-27-41(38)51(46)44-30-15-13-28-42(44)50(43-29-14-16-31-45(43)51)39-25-10-7-22-36(39)37-23-8-11-26-40(37)50/h1-11,13-26,28-33,52H,12,27H2. The van der Waals surface area contributed by atoms with Crippen LogP contribution in [0.4, 0.5) is 5.69 Å². The van der Waals surface area contributed by atoms with E-state index in [-0.39, 0.29) is 0 Å². The van der Waals surface area contributed by atoms with E-state index in [0.717, 1.165) is 35.4 Å². The largest absolute Gasteiger partial charge is 0.277 e. The zero-order chi connectivity index (χ0) is 35.0. The van der Waals surface area contributed by atoms with Gasteiger partial charge in [-0.3, -0.25) is 5.43 Å². The number of anilines is 1. The van der Waals surface area contributed by atoms with Gasteiger partial charge in [0.1, 0.15) is 0 Å². The van der Waals surface area contributed by atoms with Crippen LogP contribution in [0.5, 0.6) is 0 Å². The summed E-state index contributed by atoms with van der Waals surface area (Å²) in [5.74, 6) is 0. The van der Waals surface area contributed by atoms with Crippen molar-refractivity contribution in [3.63, 3.8) is 0 Å². The van der Waals surface area contributed by atoms with E-state index in [0.29, 0.717) is 0 Å². The summed E-state index contributed by atoms with van der Waals surface area (Å²) in [6, 6.07) is 64.6. The molecule has 2 nitrogen and oxygen atoms in total. The quantitative estimate of drug-likeness (QED) is 0.146. The lowest BCUT2D eigenvalue weighted by atomic mass is 9.51. The number of nitrogens with one attached hydrogen (secondary N) is 1. The summed E-state index contributed by atoms with van der Waals surface area (Å²) < 4.78 is 0. The van der Waals surface area contributed by atoms with Crippen molar-refractivity contribution in [1.29, 1.82) is 0 Å². The Morgan fingerprint density at radius 1 is 0.453 bits per heavy atom. The Morgan fingerprint density at radius 3 is 1.49 bits per heavy atom. The first-order valence-corrected chi connectivity index (χ1v) is 18.7. The number of rotatable bonds is 4. The molecule has 0 saturated heterocycles. The van der Waals surface area contributed by atoms with Crippen LogP contribution >= 0.6 is 0 Å². The lowest BCUT2D eigenvalue weighted by Gasteiger charge is -2.49. The third-order valence-corrected chi connectivity index (χ3v) is 12.2. The highest BCUT2D eigenvalue weighted by Gasteiger charge is 2.59. The van der Waals surface area contributed by atoms with Crippen LogP contribution in [-0.4, -0.2) is 5.71 Å². The van der Waals surface area contributed by atoms with Crippen molar-refractivity contribution in [2.75, 3.05) is 5.43 Å². The first-order valence-electron chi connectivity index (χ1n) is 18.7. The zero-order valence-electron chi connectivity index (χ0n) is 29.3. The molecular weight excluding hydrogens is 641 g/mol. The predicted molar refractivity (Wildman–Crippen MR) is 218 cm³/mol. The van der Waals surface area contributed by atoms with Gasteiger partial charge in [-0.2, -0.15) is 5.10 Å². The van der Waals surface area contributed by atoms with Crippen molar-refractivity contribution in [3.8, 4) is 11.1 Å². The molecule has 0 radical (unpaired) electrons. The molecule has 0 heterocycles. The molecule has 4 aliphatic carbocycles. The Kier molecular flexibility index (Phi) is 6.54. The summed E-state index contributed by atoms with van der Waals surface area (Å²) >= 11 is 0. The second-order valence-electron chi connectivity index (χ2n) is 14.5. The first-order chi connectivity index (χ1) is 26.3. The molecule has 0 saturated carbocycles. The molecule has 0 unspecified atom stereocenters. The van der Waals surface area contributed by atoms with E-state index >= 15 is 0 Å². The zero-order valence-corrected chi connectivity index (χ0v) is 29.3. The van der Waals surface area contributed by atoms with E-state index in [1.165, 1.54) is 66.8 Å². The van der Waals surface area contributed by atoms with E-state index in [1.807, 2.05) is 0 Å². The molecule has 250 valence electrons. The molecular formula is C51H36N2. The lowest BCUT2D eigenvalue weighted by molar-refractivity contribution is 0.606. The summed E-state index contributed by atoms with van der Waals surface area (Å²) in [6.45, 7) is 0. The maximum Gasteiger partial charge on any atom is 0.0977 e. The maximum atomic E-state index is 5.20. The molecule has 53 heavy (non-hydrogen) atoms. The minimum atomic E-state index is -0.455. The number of hydrazone groups is 1. The summed E-state index contributed by atoms with van der Waals surface area (Å²) in [6.07, 6.45) is 6.74. The minimum absolute atomic E-state index is 0.431. The SMILES string of the molecule is C1=CC2=C(CC1)C1(c3ccccc3C3(c4ccccc4-c4ccccc43)c3ccccc31)c1cccc(NN=C(c3ccccc3)c3ccccc3)c12. The Hall–Kier alpha value is -6.51. The summed E-state index contributed by atoms with van der Waals surface area (Å²) in [5, 5.41) is 5.20. The smallest absolute Gasteiger partial charge is 0.0977 e. The fraction of sp³-hybridized carbons (Fsp3) is 0.0784. The number of benzene rings is 7. The molecule has 0 amide bonds. The van der Waals surface area contributed by atoms with Crippen molar-refractivity contribution < 1.29 is 0 Å². The molecule has 2 spiro atoms. The van der Waals surface area contributed by atoms with Gasteiger partial charge < -0.3 is 0 Å². The highest BCUT2D eigenvalue weighted by atomic mass is 15.3. The molecule has 0 bridgehead atoms. The third-order valence-electron chi connectivity index (χ3n) is 12.2. The van der Waals surface area contributed by atoms with Crippen LogP contribution in [0.2, 0.25) is 0 Å². The second-order valence-corrected chi connectivity index (χ2v) is 14.5. The number of allylic oxidation sites excluding steroid dienone is 4. The van der Waals surface area contributed by atoms with Crippen LogP contribution in [0, 0.1) is 0 Å². The predicted octanol–water partition coefficient (Wildman–Crippen LogP) is 11.7. The molecule has 0 aromatic heterocycles. The van der Waals surface area contributed by atoms with E-state index in [1.54, 1.807) is 0 Å². The fourth-order valence-electron chi connectivity index (χ4n) is 10.3. The monoisotopic (exact) mass is 676 g/mol. The molecule has 7 aromatic carbocycles. The Labute approximate surface area is 310 Å². The van der Waals surface area contributed by atoms with E-state index in [4.69, 9.17) is 5.10 Å². The first kappa shape index (κ1) is 30.1. The van der Waals surface area contributed by atoms with Gasteiger partial charge >= 0.3 is 0 Å². The molecule has 2 heteroatoms. The van der Waals surface area contributed by atoms with Crippen LogP contribution < -0.4 is 5.43 Å². The van der Waals surface area contributed by atoms with Crippen molar-refractivity contribution in [3.05, 3.63) is 249 Å². The van der Waals surface area contributed by atoms with Gasteiger partial charge in [0.15, 0.2) is 0 Å². The van der Waals surface area contributed by atoms with Crippen molar-refractivity contribution >= 4 is 17.0 Å². The Morgan fingerprint density at radius 2 is 0.925 bits per heavy atom. The van der Waals surface area contributed by atoms with Crippen molar-refractivity contribution in [2.45, 2.75) is 23.7 Å². The van der Waals surface area contributed by atoms with Gasteiger partial charge in [-0.1, -0.05) is 182 Å². The molecule has 0 atom stereocenters. The van der Waals surface area contributed by atoms with Gasteiger partial charge in [-0.15, -0.1) is 0 Å². The van der Waals surface area contributed by atoms with Crippen LogP contribution in [0.15, 0.2) is 199 Å². The Bertz CT molecular complexity index is 2560. The van der Waals surface area contributed by atoms with Gasteiger partial charge in [0.25, 0.3) is 0 Å². The van der Waals surface area contributed by atoms with Crippen LogP contribution in [0.3, 0.4) is 0 Å². The van der Waals surface area contributed by atoms with Crippen LogP contribution in [0.25, 0.3) is 16.7 Å². The molecule has 0 aliphatic heterocycles. The number of nitrogens with zero attached hydrogens (tertiary/aromatic N) is 1. The number of hydrogen-bond acceptors (Lipinski definition) is 2. The molecule has 11 rings (SSSR count). The van der Waals surface area contributed by atoms with E-state index in [9.17, 15) is 0 Å². The fourth-order valence-corrected chi connectivity index (χ4v) is 10.3. The molecule has 7 aromatic rings. The summed E-state index contributed by atoms with van der Waals surface area (Å²) in [7, 11) is 0. The average molecular weight is 677 g/mol. The van der Waals surface area contributed by atoms with Gasteiger partial charge in [0, 0.05) is 16.7 Å². The number of fused-ring (bicyclic) bond motifs is 15. The maximum absolute atomic E-state index is 5.20. The Balaban J connectivity index is 1.19. The second kappa shape index (κ2) is 11.5. The summed E-state index contributed by atoms with van der Waals surface area (Å²) in [4.78, 5) is 0. The van der Waals surface area contributed by atoms with Gasteiger partial charge in [-0.05, 0) is 80.1 Å². The van der Waals surface area contributed by atoms with Crippen molar-refractivity contribution in [1.82, 2.24) is 0 Å². The average Bonchev–Trinajstić information content (AvgIpc) is 3.70. The summed E-state index contributed by atoms with van der Waals surface area (Å²) in [5.41, 5.74) is 23.1. The lowest BCUT2D eigenvalue weighted by Crippen LogP contribution is -2.44. The molecule has 0 fully saturated rings. The minimum Gasteiger partial charge on any atom is -0.277 e. The molecule has 4 aliphatic rings. The topological polar surface area (TPSA) is 24.4 Å². The highest BCUT2D eigenvalue weighted by Crippen LogP contribution is 2.68. The normalized spacial score (nSPS) is 15.9. The van der Waals surface area contributed by atoms with Crippen molar-refractivity contribution in [2.24, 2.45) is 5.10 Å².